The van der Waals surface area contributed by atoms with Crippen LogP contribution in [0.15, 0.2) is 56.5 Å². The first-order valence-corrected chi connectivity index (χ1v) is 7.16. The Balaban J connectivity index is 1.93. The van der Waals surface area contributed by atoms with Crippen molar-refractivity contribution in [2.75, 3.05) is 0 Å². The van der Waals surface area contributed by atoms with Crippen molar-refractivity contribution in [3.05, 3.63) is 53.7 Å². The largest absolute Gasteiger partial charge is 0.0960 e. The summed E-state index contributed by atoms with van der Waals surface area (Å²) in [7, 11) is 0. The second kappa shape index (κ2) is 6.21. The molecule has 0 N–H and O–H groups in total. The van der Waals surface area contributed by atoms with E-state index in [2.05, 4.69) is 48.7 Å². The van der Waals surface area contributed by atoms with Gasteiger partial charge in [0, 0.05) is 14.7 Å². The minimum Gasteiger partial charge on any atom is -0.0960 e. The van der Waals surface area contributed by atoms with Crippen LogP contribution in [-0.4, -0.2) is 0 Å². The molecule has 2 rings (SSSR count). The third-order valence-electron chi connectivity index (χ3n) is 2.26. The number of thioether (sulfide) groups is 2. The van der Waals surface area contributed by atoms with Gasteiger partial charge in [-0.2, -0.15) is 0 Å². The van der Waals surface area contributed by atoms with Crippen molar-refractivity contribution >= 4 is 23.5 Å². The molecule has 1 heterocycles. The molecular formula is C14H15S2. The normalized spacial score (nSPS) is 14.9. The summed E-state index contributed by atoms with van der Waals surface area (Å²) in [6.45, 7) is 3.82. The molecule has 1 aliphatic heterocycles. The molecule has 0 saturated heterocycles. The summed E-state index contributed by atoms with van der Waals surface area (Å²) >= 11 is 3.72. The number of hydrogen-bond donors (Lipinski definition) is 0. The Hall–Kier alpha value is -0.600. The number of fused-ring (bicyclic) bond motifs is 1. The number of benzene rings is 1. The lowest BCUT2D eigenvalue weighted by Crippen LogP contribution is -1.84. The van der Waals surface area contributed by atoms with Crippen molar-refractivity contribution in [2.24, 2.45) is 0 Å². The second-order valence-corrected chi connectivity index (χ2v) is 5.65. The molecule has 2 heteroatoms. The topological polar surface area (TPSA) is 0 Å². The van der Waals surface area contributed by atoms with E-state index in [1.165, 1.54) is 14.7 Å². The average molecular weight is 247 g/mol. The fourth-order valence-corrected chi connectivity index (χ4v) is 3.53. The molecule has 0 saturated carbocycles. The molecule has 83 valence electrons. The molecule has 0 bridgehead atoms. The van der Waals surface area contributed by atoms with E-state index >= 15 is 0 Å². The monoisotopic (exact) mass is 247 g/mol. The summed E-state index contributed by atoms with van der Waals surface area (Å²) < 4.78 is 0. The maximum atomic E-state index is 3.82. The first-order chi connectivity index (χ1) is 7.90. The molecule has 1 aromatic carbocycles. The Bertz CT molecular complexity index is 405. The predicted molar refractivity (Wildman–Crippen MR) is 74.6 cm³/mol. The molecule has 1 radical (unpaired) electrons. The molecule has 1 aliphatic rings. The highest BCUT2D eigenvalue weighted by Gasteiger charge is 2.10. The van der Waals surface area contributed by atoms with Gasteiger partial charge in [0.05, 0.1) is 0 Å². The minimum atomic E-state index is 0.986. The van der Waals surface area contributed by atoms with Crippen LogP contribution in [0, 0.1) is 6.92 Å². The highest BCUT2D eigenvalue weighted by Crippen LogP contribution is 2.43. The molecule has 1 aromatic rings. The first-order valence-electron chi connectivity index (χ1n) is 5.47. The van der Waals surface area contributed by atoms with Gasteiger partial charge in [0.1, 0.15) is 0 Å². The summed E-state index contributed by atoms with van der Waals surface area (Å²) in [6.07, 6.45) is 7.59. The van der Waals surface area contributed by atoms with E-state index < -0.39 is 0 Å². The molecule has 0 aromatic heterocycles. The van der Waals surface area contributed by atoms with Gasteiger partial charge in [0.25, 0.3) is 0 Å². The predicted octanol–water partition coefficient (Wildman–Crippen LogP) is 5.29. The third kappa shape index (κ3) is 3.19. The Morgan fingerprint density at radius 2 is 1.94 bits per heavy atom. The summed E-state index contributed by atoms with van der Waals surface area (Å²) in [4.78, 5) is 4.19. The number of allylic oxidation sites excluding steroid dienone is 3. The lowest BCUT2D eigenvalue weighted by molar-refractivity contribution is 1.04. The van der Waals surface area contributed by atoms with E-state index in [0.29, 0.717) is 0 Å². The molecule has 0 spiro atoms. The second-order valence-electron chi connectivity index (χ2n) is 3.57. The van der Waals surface area contributed by atoms with Crippen LogP contribution < -0.4 is 0 Å². The fourth-order valence-electron chi connectivity index (χ4n) is 1.45. The highest BCUT2D eigenvalue weighted by atomic mass is 32.2. The van der Waals surface area contributed by atoms with Crippen molar-refractivity contribution in [1.29, 1.82) is 0 Å². The van der Waals surface area contributed by atoms with Crippen LogP contribution in [0.5, 0.6) is 0 Å². The fraction of sp³-hybridized carbons (Fsp3) is 0.214. The van der Waals surface area contributed by atoms with E-state index in [4.69, 9.17) is 0 Å². The van der Waals surface area contributed by atoms with Gasteiger partial charge in [-0.15, -0.1) is 0 Å². The summed E-state index contributed by atoms with van der Waals surface area (Å²) in [5, 5.41) is 2.27. The van der Waals surface area contributed by atoms with Crippen LogP contribution in [0.4, 0.5) is 0 Å². The van der Waals surface area contributed by atoms with Gasteiger partial charge in [0.15, 0.2) is 0 Å². The van der Waals surface area contributed by atoms with Crippen LogP contribution in [0.3, 0.4) is 0 Å². The first kappa shape index (κ1) is 11.9. The highest BCUT2D eigenvalue weighted by molar-refractivity contribution is 8.08. The van der Waals surface area contributed by atoms with E-state index in [-0.39, 0.29) is 0 Å². The summed E-state index contributed by atoms with van der Waals surface area (Å²) in [6, 6.07) is 8.58. The summed E-state index contributed by atoms with van der Waals surface area (Å²) in [5.41, 5.74) is 0. The lowest BCUT2D eigenvalue weighted by atomic mass is 10.3. The SMILES string of the molecule is [CH2]CC/C=C/CC1=CSc2ccccc2S1. The van der Waals surface area contributed by atoms with Gasteiger partial charge in [-0.1, -0.05) is 54.7 Å². The van der Waals surface area contributed by atoms with E-state index in [1.807, 2.05) is 23.5 Å². The van der Waals surface area contributed by atoms with Crippen LogP contribution in [-0.2, 0) is 0 Å². The zero-order valence-electron chi connectivity index (χ0n) is 9.19. The Labute approximate surface area is 106 Å². The molecular weight excluding hydrogens is 232 g/mol. The summed E-state index contributed by atoms with van der Waals surface area (Å²) in [5.74, 6) is 0. The van der Waals surface area contributed by atoms with Crippen molar-refractivity contribution in [3.63, 3.8) is 0 Å². The molecule has 0 aliphatic carbocycles. The maximum absolute atomic E-state index is 3.82. The number of hydrogen-bond acceptors (Lipinski definition) is 2. The van der Waals surface area contributed by atoms with Gasteiger partial charge < -0.3 is 0 Å². The smallest absolute Gasteiger partial charge is 0.0258 e. The van der Waals surface area contributed by atoms with Crippen LogP contribution in [0.2, 0.25) is 0 Å². The lowest BCUT2D eigenvalue weighted by Gasteiger charge is -2.14. The standard InChI is InChI=1S/C14H15S2/c1-2-3-4-5-8-12-11-15-13-9-6-7-10-14(13)16-12/h4-7,9-11H,1-3,8H2/b5-4+. The molecule has 0 unspecified atom stereocenters. The van der Waals surface area contributed by atoms with Gasteiger partial charge in [-0.25, -0.2) is 0 Å². The molecule has 0 nitrogen and oxygen atoms in total. The maximum Gasteiger partial charge on any atom is 0.0258 e. The van der Waals surface area contributed by atoms with Gasteiger partial charge in [-0.05, 0) is 36.8 Å². The quantitative estimate of drug-likeness (QED) is 0.663. The molecule has 0 amide bonds. The Kier molecular flexibility index (Phi) is 4.61. The van der Waals surface area contributed by atoms with Crippen LogP contribution >= 0.6 is 23.5 Å². The third-order valence-corrected chi connectivity index (χ3v) is 4.68. The van der Waals surface area contributed by atoms with E-state index in [0.717, 1.165) is 19.3 Å². The Morgan fingerprint density at radius 3 is 2.75 bits per heavy atom. The van der Waals surface area contributed by atoms with E-state index in [9.17, 15) is 0 Å². The Morgan fingerprint density at radius 1 is 1.12 bits per heavy atom. The zero-order chi connectivity index (χ0) is 11.2. The number of unbranched alkanes of at least 4 members (excludes halogenated alkanes) is 1. The average Bonchev–Trinajstić information content (AvgIpc) is 2.34. The molecule has 0 fully saturated rings. The number of rotatable bonds is 4. The van der Waals surface area contributed by atoms with Gasteiger partial charge >= 0.3 is 0 Å². The zero-order valence-corrected chi connectivity index (χ0v) is 10.8. The molecule has 0 atom stereocenters. The van der Waals surface area contributed by atoms with E-state index in [1.54, 1.807) is 0 Å². The van der Waals surface area contributed by atoms with Crippen molar-refractivity contribution in [2.45, 2.75) is 29.1 Å². The van der Waals surface area contributed by atoms with Crippen LogP contribution in [0.1, 0.15) is 19.3 Å². The van der Waals surface area contributed by atoms with Crippen LogP contribution in [0.25, 0.3) is 0 Å². The van der Waals surface area contributed by atoms with Gasteiger partial charge in [-0.3, -0.25) is 0 Å². The van der Waals surface area contributed by atoms with Crippen molar-refractivity contribution in [3.8, 4) is 0 Å². The van der Waals surface area contributed by atoms with Gasteiger partial charge in [0.2, 0.25) is 0 Å². The molecule has 16 heavy (non-hydrogen) atoms. The van der Waals surface area contributed by atoms with Crippen molar-refractivity contribution in [1.82, 2.24) is 0 Å². The van der Waals surface area contributed by atoms with Crippen molar-refractivity contribution < 1.29 is 0 Å². The minimum absolute atomic E-state index is 0.986.